The molecule has 3 N–H and O–H groups in total. The Morgan fingerprint density at radius 1 is 1.47 bits per heavy atom. The van der Waals surface area contributed by atoms with Gasteiger partial charge in [-0.15, -0.1) is 0 Å². The van der Waals surface area contributed by atoms with E-state index in [9.17, 15) is 4.79 Å². The van der Waals surface area contributed by atoms with Gasteiger partial charge in [0.25, 0.3) is 5.56 Å². The van der Waals surface area contributed by atoms with Gasteiger partial charge in [0, 0.05) is 12.2 Å². The van der Waals surface area contributed by atoms with Crippen molar-refractivity contribution >= 4 is 5.84 Å². The van der Waals surface area contributed by atoms with E-state index in [1.807, 2.05) is 6.07 Å². The monoisotopic (exact) mass is 235 g/mol. The summed E-state index contributed by atoms with van der Waals surface area (Å²) in [6, 6.07) is 3.56. The second-order valence-electron chi connectivity index (χ2n) is 4.55. The first-order valence-electron chi connectivity index (χ1n) is 6.07. The van der Waals surface area contributed by atoms with Crippen molar-refractivity contribution in [3.05, 3.63) is 33.7 Å². The molecule has 4 heteroatoms. The molecule has 17 heavy (non-hydrogen) atoms. The average Bonchev–Trinajstić information content (AvgIpc) is 2.26. The zero-order valence-electron chi connectivity index (χ0n) is 10.8. The standard InChI is InChI=1S/C13H21N3O/c1-4-5-8-16-11(9(2)3)7-6-10(12(14)15)13(16)17/h6-7,9H,4-5,8H2,1-3H3,(H3,14,15). The van der Waals surface area contributed by atoms with Gasteiger partial charge >= 0.3 is 0 Å². The molecule has 0 fully saturated rings. The van der Waals surface area contributed by atoms with E-state index in [0.29, 0.717) is 18.0 Å². The van der Waals surface area contributed by atoms with Crippen LogP contribution in [0.25, 0.3) is 0 Å². The van der Waals surface area contributed by atoms with Gasteiger partial charge in [-0.1, -0.05) is 27.2 Å². The molecule has 1 rings (SSSR count). The third-order valence-corrected chi connectivity index (χ3v) is 2.82. The molecule has 0 unspecified atom stereocenters. The first kappa shape index (κ1) is 13.5. The lowest BCUT2D eigenvalue weighted by Crippen LogP contribution is -2.31. The summed E-state index contributed by atoms with van der Waals surface area (Å²) in [6.45, 7) is 6.91. The smallest absolute Gasteiger partial charge is 0.261 e. The summed E-state index contributed by atoms with van der Waals surface area (Å²) in [5, 5.41) is 7.39. The van der Waals surface area contributed by atoms with Crippen molar-refractivity contribution in [2.75, 3.05) is 0 Å². The molecule has 0 spiro atoms. The Labute approximate surface area is 102 Å². The summed E-state index contributed by atoms with van der Waals surface area (Å²) < 4.78 is 1.75. The van der Waals surface area contributed by atoms with Crippen LogP contribution in [0.5, 0.6) is 0 Å². The van der Waals surface area contributed by atoms with Crippen LogP contribution in [0.3, 0.4) is 0 Å². The number of amidine groups is 1. The van der Waals surface area contributed by atoms with Gasteiger partial charge < -0.3 is 10.3 Å². The van der Waals surface area contributed by atoms with E-state index in [0.717, 1.165) is 18.5 Å². The second-order valence-corrected chi connectivity index (χ2v) is 4.55. The molecule has 1 aromatic heterocycles. The van der Waals surface area contributed by atoms with Crippen LogP contribution in [0, 0.1) is 5.41 Å². The van der Waals surface area contributed by atoms with Gasteiger partial charge in [-0.3, -0.25) is 10.2 Å². The Bertz CT molecular complexity index is 460. The quantitative estimate of drug-likeness (QED) is 0.605. The Morgan fingerprint density at radius 3 is 2.59 bits per heavy atom. The van der Waals surface area contributed by atoms with Crippen molar-refractivity contribution < 1.29 is 0 Å². The number of unbranched alkanes of at least 4 members (excludes halogenated alkanes) is 1. The highest BCUT2D eigenvalue weighted by molar-refractivity contribution is 5.94. The molecule has 0 bridgehead atoms. The number of nitrogen functional groups attached to an aromatic ring is 1. The zero-order valence-corrected chi connectivity index (χ0v) is 10.8. The van der Waals surface area contributed by atoms with Gasteiger partial charge in [-0.2, -0.15) is 0 Å². The lowest BCUT2D eigenvalue weighted by molar-refractivity contribution is 0.569. The van der Waals surface area contributed by atoms with Gasteiger partial charge in [0.15, 0.2) is 0 Å². The summed E-state index contributed by atoms with van der Waals surface area (Å²) in [6.07, 6.45) is 2.00. The van der Waals surface area contributed by atoms with Crippen molar-refractivity contribution in [3.63, 3.8) is 0 Å². The highest BCUT2D eigenvalue weighted by Crippen LogP contribution is 2.13. The Morgan fingerprint density at radius 2 is 2.12 bits per heavy atom. The Balaban J connectivity index is 3.31. The number of rotatable bonds is 5. The third kappa shape index (κ3) is 2.96. The molecule has 0 saturated carbocycles. The Hall–Kier alpha value is -1.58. The summed E-state index contributed by atoms with van der Waals surface area (Å²) in [5.41, 5.74) is 6.57. The van der Waals surface area contributed by atoms with E-state index in [1.165, 1.54) is 0 Å². The summed E-state index contributed by atoms with van der Waals surface area (Å²) in [7, 11) is 0. The van der Waals surface area contributed by atoms with Crippen molar-refractivity contribution in [1.82, 2.24) is 4.57 Å². The first-order chi connectivity index (χ1) is 7.99. The first-order valence-corrected chi connectivity index (χ1v) is 6.07. The SMILES string of the molecule is CCCCn1c(C(C)C)ccc(C(=N)N)c1=O. The van der Waals surface area contributed by atoms with Crippen molar-refractivity contribution in [1.29, 1.82) is 5.41 Å². The maximum atomic E-state index is 12.2. The topological polar surface area (TPSA) is 71.9 Å². The van der Waals surface area contributed by atoms with E-state index in [-0.39, 0.29) is 11.4 Å². The number of pyridine rings is 1. The van der Waals surface area contributed by atoms with Crippen molar-refractivity contribution in [3.8, 4) is 0 Å². The van der Waals surface area contributed by atoms with Gasteiger partial charge in [0.2, 0.25) is 0 Å². The summed E-state index contributed by atoms with van der Waals surface area (Å²) in [4.78, 5) is 12.2. The number of nitrogens with two attached hydrogens (primary N) is 1. The van der Waals surface area contributed by atoms with Crippen LogP contribution in [0.1, 0.15) is 50.8 Å². The van der Waals surface area contributed by atoms with Crippen LogP contribution in [-0.2, 0) is 6.54 Å². The van der Waals surface area contributed by atoms with Crippen molar-refractivity contribution in [2.24, 2.45) is 5.73 Å². The second kappa shape index (κ2) is 5.66. The minimum Gasteiger partial charge on any atom is -0.384 e. The van der Waals surface area contributed by atoms with Gasteiger partial charge in [0.1, 0.15) is 5.84 Å². The largest absolute Gasteiger partial charge is 0.384 e. The molecule has 0 aromatic carbocycles. The fourth-order valence-corrected chi connectivity index (χ4v) is 1.85. The lowest BCUT2D eigenvalue weighted by atomic mass is 10.1. The van der Waals surface area contributed by atoms with Gasteiger partial charge in [0.05, 0.1) is 5.56 Å². The van der Waals surface area contributed by atoms with Crippen LogP contribution in [0.15, 0.2) is 16.9 Å². The minimum absolute atomic E-state index is 0.142. The highest BCUT2D eigenvalue weighted by Gasteiger charge is 2.12. The van der Waals surface area contributed by atoms with Crippen molar-refractivity contribution in [2.45, 2.75) is 46.1 Å². The fourth-order valence-electron chi connectivity index (χ4n) is 1.85. The number of nitrogens with zero attached hydrogens (tertiary/aromatic N) is 1. The van der Waals surface area contributed by atoms with Crippen LogP contribution in [0.4, 0.5) is 0 Å². The molecule has 4 nitrogen and oxygen atoms in total. The van der Waals surface area contributed by atoms with Crippen LogP contribution < -0.4 is 11.3 Å². The molecular weight excluding hydrogens is 214 g/mol. The maximum absolute atomic E-state index is 12.2. The molecule has 0 aliphatic heterocycles. The third-order valence-electron chi connectivity index (χ3n) is 2.82. The highest BCUT2D eigenvalue weighted by atomic mass is 16.1. The minimum atomic E-state index is -0.157. The molecule has 0 atom stereocenters. The van der Waals surface area contributed by atoms with Crippen LogP contribution in [-0.4, -0.2) is 10.4 Å². The summed E-state index contributed by atoms with van der Waals surface area (Å²) >= 11 is 0. The predicted molar refractivity (Wildman–Crippen MR) is 70.7 cm³/mol. The van der Waals surface area contributed by atoms with Crippen LogP contribution in [0.2, 0.25) is 0 Å². The number of aromatic nitrogens is 1. The van der Waals surface area contributed by atoms with E-state index >= 15 is 0 Å². The molecule has 1 heterocycles. The number of hydrogen-bond acceptors (Lipinski definition) is 2. The molecule has 0 radical (unpaired) electrons. The molecular formula is C13H21N3O. The maximum Gasteiger partial charge on any atom is 0.261 e. The fraction of sp³-hybridized carbons (Fsp3) is 0.538. The normalized spacial score (nSPS) is 10.8. The molecule has 1 aromatic rings. The zero-order chi connectivity index (χ0) is 13.0. The molecule has 0 saturated heterocycles. The van der Waals surface area contributed by atoms with E-state index in [1.54, 1.807) is 10.6 Å². The average molecular weight is 235 g/mol. The number of nitrogens with one attached hydrogen (secondary N) is 1. The predicted octanol–water partition coefficient (Wildman–Crippen LogP) is 2.06. The number of hydrogen-bond donors (Lipinski definition) is 2. The van der Waals surface area contributed by atoms with Crippen LogP contribution >= 0.6 is 0 Å². The molecule has 0 aliphatic rings. The van der Waals surface area contributed by atoms with Gasteiger partial charge in [-0.25, -0.2) is 0 Å². The summed E-state index contributed by atoms with van der Waals surface area (Å²) in [5.74, 6) is 0.135. The Kier molecular flexibility index (Phi) is 4.49. The molecule has 0 aliphatic carbocycles. The lowest BCUT2D eigenvalue weighted by Gasteiger charge is -2.16. The van der Waals surface area contributed by atoms with E-state index < -0.39 is 0 Å². The molecule has 0 amide bonds. The van der Waals surface area contributed by atoms with E-state index in [2.05, 4.69) is 20.8 Å². The molecule has 94 valence electrons. The van der Waals surface area contributed by atoms with Gasteiger partial charge in [-0.05, 0) is 24.5 Å². The van der Waals surface area contributed by atoms with E-state index in [4.69, 9.17) is 11.1 Å².